The Bertz CT molecular complexity index is 1100. The first-order valence-electron chi connectivity index (χ1n) is 8.70. The number of carboxylic acid groups (broad SMARTS) is 1. The molecule has 0 fully saturated rings. The molecular formula is C20H17ClFN3O5. The van der Waals surface area contributed by atoms with E-state index in [4.69, 9.17) is 16.3 Å². The highest BCUT2D eigenvalue weighted by atomic mass is 35.5. The number of carbonyl (C=O) groups is 2. The number of halogens is 2. The number of aromatic hydroxyl groups is 1. The van der Waals surface area contributed by atoms with E-state index in [1.165, 1.54) is 19.2 Å². The van der Waals surface area contributed by atoms with Gasteiger partial charge in [0, 0.05) is 17.7 Å². The van der Waals surface area contributed by atoms with Gasteiger partial charge in [-0.3, -0.25) is 9.59 Å². The fraction of sp³-hybridized carbons (Fsp3) is 0.150. The second kappa shape index (κ2) is 8.83. The van der Waals surface area contributed by atoms with Crippen molar-refractivity contribution >= 4 is 23.5 Å². The van der Waals surface area contributed by atoms with Crippen LogP contribution in [0.1, 0.15) is 28.5 Å². The number of aromatic nitrogens is 2. The van der Waals surface area contributed by atoms with E-state index in [1.54, 1.807) is 24.3 Å². The van der Waals surface area contributed by atoms with Gasteiger partial charge in [-0.2, -0.15) is 9.78 Å². The van der Waals surface area contributed by atoms with E-state index in [0.717, 1.165) is 16.8 Å². The van der Waals surface area contributed by atoms with Gasteiger partial charge in [-0.25, -0.2) is 4.39 Å². The third-order valence-corrected chi connectivity index (χ3v) is 4.59. The zero-order valence-electron chi connectivity index (χ0n) is 15.7. The third-order valence-electron chi connectivity index (χ3n) is 4.27. The number of benzene rings is 2. The number of carboxylic acids is 1. The van der Waals surface area contributed by atoms with E-state index in [1.807, 2.05) is 0 Å². The molecule has 1 unspecified atom stereocenters. The number of para-hydroxylation sites is 1. The van der Waals surface area contributed by atoms with Crippen LogP contribution in [0.15, 0.2) is 48.5 Å². The Balaban J connectivity index is 1.89. The summed E-state index contributed by atoms with van der Waals surface area (Å²) in [6.07, 6.45) is -0.563. The van der Waals surface area contributed by atoms with Crippen LogP contribution < -0.4 is 10.1 Å². The Morgan fingerprint density at radius 1 is 1.27 bits per heavy atom. The van der Waals surface area contributed by atoms with Gasteiger partial charge in [0.15, 0.2) is 5.69 Å². The van der Waals surface area contributed by atoms with Gasteiger partial charge in [0.05, 0.1) is 30.3 Å². The summed E-state index contributed by atoms with van der Waals surface area (Å²) in [6, 6.07) is 10.4. The van der Waals surface area contributed by atoms with Crippen molar-refractivity contribution in [3.05, 3.63) is 70.6 Å². The summed E-state index contributed by atoms with van der Waals surface area (Å²) in [5.74, 6) is -2.86. The quantitative estimate of drug-likeness (QED) is 0.526. The second-order valence-electron chi connectivity index (χ2n) is 6.26. The molecule has 2 aromatic carbocycles. The summed E-state index contributed by atoms with van der Waals surface area (Å²) >= 11 is 6.09. The summed E-state index contributed by atoms with van der Waals surface area (Å²) in [5, 5.41) is 26.1. The maximum atomic E-state index is 14.4. The highest BCUT2D eigenvalue weighted by molar-refractivity contribution is 6.32. The fourth-order valence-electron chi connectivity index (χ4n) is 2.85. The van der Waals surface area contributed by atoms with Gasteiger partial charge < -0.3 is 20.3 Å². The molecule has 0 spiro atoms. The van der Waals surface area contributed by atoms with Crippen LogP contribution in [0.4, 0.5) is 4.39 Å². The van der Waals surface area contributed by atoms with Crippen molar-refractivity contribution in [2.24, 2.45) is 0 Å². The lowest BCUT2D eigenvalue weighted by atomic mass is 10.0. The van der Waals surface area contributed by atoms with E-state index in [-0.39, 0.29) is 22.9 Å². The molecule has 0 saturated carbocycles. The van der Waals surface area contributed by atoms with Crippen molar-refractivity contribution in [1.29, 1.82) is 0 Å². The van der Waals surface area contributed by atoms with Crippen LogP contribution in [-0.4, -0.2) is 39.0 Å². The molecule has 1 amide bonds. The van der Waals surface area contributed by atoms with Crippen molar-refractivity contribution in [3.63, 3.8) is 0 Å². The van der Waals surface area contributed by atoms with Crippen LogP contribution in [0.2, 0.25) is 5.02 Å². The van der Waals surface area contributed by atoms with Gasteiger partial charge in [0.1, 0.15) is 11.6 Å². The molecule has 0 aliphatic heterocycles. The zero-order valence-corrected chi connectivity index (χ0v) is 16.4. The number of ether oxygens (including phenoxy) is 1. The van der Waals surface area contributed by atoms with Gasteiger partial charge in [0.2, 0.25) is 5.88 Å². The second-order valence-corrected chi connectivity index (χ2v) is 6.67. The Morgan fingerprint density at radius 2 is 2.00 bits per heavy atom. The normalized spacial score (nSPS) is 11.7. The number of hydrogen-bond donors (Lipinski definition) is 3. The molecule has 0 saturated heterocycles. The summed E-state index contributed by atoms with van der Waals surface area (Å²) in [7, 11) is 1.37. The number of rotatable bonds is 7. The lowest BCUT2D eigenvalue weighted by molar-refractivity contribution is -0.137. The molecule has 3 rings (SSSR count). The van der Waals surface area contributed by atoms with Gasteiger partial charge in [-0.1, -0.05) is 29.8 Å². The van der Waals surface area contributed by atoms with E-state index in [0.29, 0.717) is 10.7 Å². The van der Waals surface area contributed by atoms with Crippen LogP contribution in [0.3, 0.4) is 0 Å². The summed E-state index contributed by atoms with van der Waals surface area (Å²) in [4.78, 5) is 23.9. The summed E-state index contributed by atoms with van der Waals surface area (Å²) < 4.78 is 20.4. The van der Waals surface area contributed by atoms with E-state index in [9.17, 15) is 24.2 Å². The maximum absolute atomic E-state index is 14.4. The standard InChI is InChI=1S/C20H17ClFN3O5/c1-30-11-6-7-12(14(22)8-11)15(10-19(27)28)23-20(29)16-9-18(26)25(24-16)17-5-3-2-4-13(17)21/h2-9,15,26H,10H2,1H3,(H,23,29)(H,27,28). The first-order valence-corrected chi connectivity index (χ1v) is 9.08. The molecule has 0 bridgehead atoms. The van der Waals surface area contributed by atoms with Gasteiger partial charge in [0.25, 0.3) is 5.91 Å². The Hall–Kier alpha value is -3.59. The summed E-state index contributed by atoms with van der Waals surface area (Å²) in [6.45, 7) is 0. The molecular weight excluding hydrogens is 417 g/mol. The zero-order chi connectivity index (χ0) is 21.8. The number of amides is 1. The average Bonchev–Trinajstić information content (AvgIpc) is 3.09. The first-order chi connectivity index (χ1) is 14.3. The van der Waals surface area contributed by atoms with Crippen molar-refractivity contribution in [1.82, 2.24) is 15.1 Å². The van der Waals surface area contributed by atoms with E-state index >= 15 is 0 Å². The molecule has 1 heterocycles. The monoisotopic (exact) mass is 433 g/mol. The Labute approximate surface area is 175 Å². The fourth-order valence-corrected chi connectivity index (χ4v) is 3.06. The highest BCUT2D eigenvalue weighted by Crippen LogP contribution is 2.27. The maximum Gasteiger partial charge on any atom is 0.305 e. The number of hydrogen-bond acceptors (Lipinski definition) is 5. The molecule has 156 valence electrons. The minimum absolute atomic E-state index is 0.0266. The van der Waals surface area contributed by atoms with Crippen LogP contribution in [0.5, 0.6) is 11.6 Å². The highest BCUT2D eigenvalue weighted by Gasteiger charge is 2.24. The van der Waals surface area contributed by atoms with E-state index in [2.05, 4.69) is 10.4 Å². The molecule has 0 radical (unpaired) electrons. The number of nitrogens with zero attached hydrogens (tertiary/aromatic N) is 2. The Morgan fingerprint density at radius 3 is 2.63 bits per heavy atom. The van der Waals surface area contributed by atoms with Crippen LogP contribution >= 0.6 is 11.6 Å². The molecule has 8 nitrogen and oxygen atoms in total. The summed E-state index contributed by atoms with van der Waals surface area (Å²) in [5.41, 5.74) is 0.122. The van der Waals surface area contributed by atoms with Gasteiger partial charge in [-0.15, -0.1) is 0 Å². The first kappa shape index (κ1) is 21.1. The molecule has 1 aromatic heterocycles. The van der Waals surface area contributed by atoms with Crippen molar-refractivity contribution in [2.75, 3.05) is 7.11 Å². The lowest BCUT2D eigenvalue weighted by Gasteiger charge is -2.18. The van der Waals surface area contributed by atoms with Crippen molar-refractivity contribution in [3.8, 4) is 17.3 Å². The van der Waals surface area contributed by atoms with Gasteiger partial charge >= 0.3 is 5.97 Å². The van der Waals surface area contributed by atoms with Crippen LogP contribution in [0.25, 0.3) is 5.69 Å². The molecule has 0 aliphatic carbocycles. The molecule has 3 N–H and O–H groups in total. The molecule has 3 aromatic rings. The van der Waals surface area contributed by atoms with Crippen LogP contribution in [-0.2, 0) is 4.79 Å². The molecule has 1 atom stereocenters. The van der Waals surface area contributed by atoms with Crippen molar-refractivity contribution in [2.45, 2.75) is 12.5 Å². The lowest BCUT2D eigenvalue weighted by Crippen LogP contribution is -2.31. The smallest absolute Gasteiger partial charge is 0.305 e. The number of nitrogens with one attached hydrogen (secondary N) is 1. The minimum atomic E-state index is -1.24. The minimum Gasteiger partial charge on any atom is -0.497 e. The topological polar surface area (TPSA) is 114 Å². The molecule has 0 aliphatic rings. The molecule has 10 heteroatoms. The third kappa shape index (κ3) is 4.52. The largest absolute Gasteiger partial charge is 0.497 e. The Kier molecular flexibility index (Phi) is 6.22. The number of methoxy groups -OCH3 is 1. The molecule has 30 heavy (non-hydrogen) atoms. The predicted molar refractivity (Wildman–Crippen MR) is 106 cm³/mol. The predicted octanol–water partition coefficient (Wildman–Crippen LogP) is 3.32. The average molecular weight is 434 g/mol. The number of carbonyl (C=O) groups excluding carboxylic acids is 1. The number of aliphatic carboxylic acids is 1. The van der Waals surface area contributed by atoms with Crippen molar-refractivity contribution < 1.29 is 28.9 Å². The SMILES string of the molecule is COc1ccc(C(CC(=O)O)NC(=O)c2cc(O)n(-c3ccccc3Cl)n2)c(F)c1. The van der Waals surface area contributed by atoms with Gasteiger partial charge in [-0.05, 0) is 18.2 Å². The van der Waals surface area contributed by atoms with E-state index < -0.39 is 30.2 Å². The van der Waals surface area contributed by atoms with Crippen LogP contribution in [0, 0.1) is 5.82 Å².